The largest absolute Gasteiger partial charge is 0.454 e. The van der Waals surface area contributed by atoms with Crippen molar-refractivity contribution in [3.8, 4) is 0 Å². The number of carbonyl (C=O) groups excluding carboxylic acids is 1. The van der Waals surface area contributed by atoms with E-state index in [-0.39, 0.29) is 24.3 Å². The fourth-order valence-electron chi connectivity index (χ4n) is 2.63. The second-order valence-electron chi connectivity index (χ2n) is 6.26. The predicted octanol–water partition coefficient (Wildman–Crippen LogP) is 2.81. The monoisotopic (exact) mass is 387 g/mol. The van der Waals surface area contributed by atoms with Crippen molar-refractivity contribution >= 4 is 34.6 Å². The van der Waals surface area contributed by atoms with E-state index in [1.165, 1.54) is 0 Å². The number of aromatic nitrogens is 5. The highest BCUT2D eigenvalue weighted by atomic mass is 16.5. The van der Waals surface area contributed by atoms with E-state index in [4.69, 9.17) is 10.5 Å². The van der Waals surface area contributed by atoms with Crippen molar-refractivity contribution in [3.05, 3.63) is 71.8 Å². The normalized spacial score (nSPS) is 10.7. The summed E-state index contributed by atoms with van der Waals surface area (Å²) in [6.45, 7) is 1.85. The van der Waals surface area contributed by atoms with Gasteiger partial charge >= 0.3 is 5.97 Å². The van der Waals surface area contributed by atoms with E-state index in [1.807, 2.05) is 31.2 Å². The van der Waals surface area contributed by atoms with E-state index < -0.39 is 5.97 Å². The molecular formula is C20H17N7O2. The number of anilines is 3. The number of carbonyl (C=O) groups is 1. The van der Waals surface area contributed by atoms with Gasteiger partial charge in [0.2, 0.25) is 11.9 Å². The van der Waals surface area contributed by atoms with Crippen LogP contribution in [0.3, 0.4) is 0 Å². The van der Waals surface area contributed by atoms with E-state index in [0.717, 1.165) is 11.3 Å². The molecule has 9 heteroatoms. The van der Waals surface area contributed by atoms with Crippen molar-refractivity contribution in [1.29, 1.82) is 0 Å². The number of hydrogen-bond donors (Lipinski definition) is 2. The maximum atomic E-state index is 12.4. The molecule has 29 heavy (non-hydrogen) atoms. The summed E-state index contributed by atoms with van der Waals surface area (Å²) in [4.78, 5) is 33.1. The van der Waals surface area contributed by atoms with E-state index in [0.29, 0.717) is 16.6 Å². The lowest BCUT2D eigenvalue weighted by Crippen LogP contribution is -2.11. The molecule has 0 bridgehead atoms. The van der Waals surface area contributed by atoms with Crippen LogP contribution in [-0.2, 0) is 11.3 Å². The Kier molecular flexibility index (Phi) is 4.93. The Morgan fingerprint density at radius 2 is 1.76 bits per heavy atom. The van der Waals surface area contributed by atoms with E-state index >= 15 is 0 Å². The summed E-state index contributed by atoms with van der Waals surface area (Å²) in [6.07, 6.45) is 3.15. The summed E-state index contributed by atoms with van der Waals surface area (Å²) in [5, 5.41) is 3.05. The molecule has 0 atom stereocenters. The highest BCUT2D eigenvalue weighted by Gasteiger charge is 2.12. The summed E-state index contributed by atoms with van der Waals surface area (Å²) in [5.74, 6) is 0.0145. The molecule has 9 nitrogen and oxygen atoms in total. The molecular weight excluding hydrogens is 370 g/mol. The van der Waals surface area contributed by atoms with E-state index in [9.17, 15) is 4.79 Å². The molecule has 2 aromatic heterocycles. The van der Waals surface area contributed by atoms with Crippen molar-refractivity contribution in [2.75, 3.05) is 11.1 Å². The lowest BCUT2D eigenvalue weighted by atomic mass is 10.2. The number of ether oxygens (including phenoxy) is 1. The van der Waals surface area contributed by atoms with Crippen LogP contribution in [0.4, 0.5) is 17.6 Å². The van der Waals surface area contributed by atoms with Gasteiger partial charge in [-0.1, -0.05) is 17.7 Å². The Labute approximate surface area is 166 Å². The average molecular weight is 387 g/mol. The molecule has 0 saturated carbocycles. The number of aryl methyl sites for hydroxylation is 1. The molecule has 0 radical (unpaired) electrons. The molecule has 0 unspecified atom stereocenters. The summed E-state index contributed by atoms with van der Waals surface area (Å²) in [5.41, 5.74) is 9.37. The number of benzene rings is 2. The summed E-state index contributed by atoms with van der Waals surface area (Å²) in [7, 11) is 0. The van der Waals surface area contributed by atoms with Crippen LogP contribution in [0, 0.1) is 6.92 Å². The van der Waals surface area contributed by atoms with Crippen LogP contribution in [0.1, 0.15) is 21.7 Å². The van der Waals surface area contributed by atoms with Crippen LogP contribution < -0.4 is 11.1 Å². The van der Waals surface area contributed by atoms with Crippen LogP contribution in [0.15, 0.2) is 54.9 Å². The first kappa shape index (κ1) is 18.2. The third-order valence-corrected chi connectivity index (χ3v) is 4.04. The van der Waals surface area contributed by atoms with Gasteiger partial charge in [0.25, 0.3) is 0 Å². The summed E-state index contributed by atoms with van der Waals surface area (Å²) < 4.78 is 5.32. The van der Waals surface area contributed by atoms with Crippen molar-refractivity contribution < 1.29 is 9.53 Å². The Balaban J connectivity index is 1.46. The lowest BCUT2D eigenvalue weighted by molar-refractivity contribution is 0.0462. The van der Waals surface area contributed by atoms with E-state index in [2.05, 4.69) is 30.2 Å². The van der Waals surface area contributed by atoms with Gasteiger partial charge in [0, 0.05) is 18.1 Å². The van der Waals surface area contributed by atoms with Gasteiger partial charge in [0.15, 0.2) is 12.4 Å². The molecule has 144 valence electrons. The highest BCUT2D eigenvalue weighted by molar-refractivity contribution is 5.93. The number of nitrogens with two attached hydrogens (primary N) is 1. The van der Waals surface area contributed by atoms with Crippen molar-refractivity contribution in [3.63, 3.8) is 0 Å². The zero-order chi connectivity index (χ0) is 20.2. The van der Waals surface area contributed by atoms with Gasteiger partial charge in [-0.3, -0.25) is 9.97 Å². The maximum absolute atomic E-state index is 12.4. The Hall–Kier alpha value is -4.14. The van der Waals surface area contributed by atoms with Crippen LogP contribution in [0.5, 0.6) is 0 Å². The second kappa shape index (κ2) is 7.85. The summed E-state index contributed by atoms with van der Waals surface area (Å²) >= 11 is 0. The number of nitrogen functional groups attached to an aromatic ring is 1. The molecule has 0 aliphatic rings. The van der Waals surface area contributed by atoms with Crippen LogP contribution in [0.2, 0.25) is 0 Å². The molecule has 3 N–H and O–H groups in total. The van der Waals surface area contributed by atoms with Gasteiger partial charge in [0.1, 0.15) is 0 Å². The van der Waals surface area contributed by atoms with Gasteiger partial charge in [0.05, 0.1) is 16.6 Å². The minimum absolute atomic E-state index is 0.0293. The molecule has 0 amide bonds. The molecule has 4 aromatic rings. The van der Waals surface area contributed by atoms with Crippen LogP contribution in [0.25, 0.3) is 11.0 Å². The Bertz CT molecular complexity index is 1180. The smallest absolute Gasteiger partial charge is 0.338 e. The molecule has 0 saturated heterocycles. The topological polar surface area (TPSA) is 129 Å². The predicted molar refractivity (Wildman–Crippen MR) is 107 cm³/mol. The van der Waals surface area contributed by atoms with Gasteiger partial charge in [-0.2, -0.15) is 15.0 Å². The first-order chi connectivity index (χ1) is 14.1. The minimum Gasteiger partial charge on any atom is -0.454 e. The molecule has 2 heterocycles. The molecule has 0 aliphatic carbocycles. The fraction of sp³-hybridized carbons (Fsp3) is 0.100. The highest BCUT2D eigenvalue weighted by Crippen LogP contribution is 2.15. The third-order valence-electron chi connectivity index (χ3n) is 4.04. The van der Waals surface area contributed by atoms with Crippen LogP contribution >= 0.6 is 0 Å². The lowest BCUT2D eigenvalue weighted by Gasteiger charge is -2.08. The first-order valence-corrected chi connectivity index (χ1v) is 8.79. The quantitative estimate of drug-likeness (QED) is 0.497. The Morgan fingerprint density at radius 1 is 1.00 bits per heavy atom. The molecule has 0 fully saturated rings. The molecule has 4 rings (SSSR count). The zero-order valence-corrected chi connectivity index (χ0v) is 15.5. The van der Waals surface area contributed by atoms with Gasteiger partial charge in [-0.05, 0) is 37.3 Å². The number of esters is 1. The minimum atomic E-state index is -0.524. The number of fused-ring (bicyclic) bond motifs is 1. The number of nitrogens with zero attached hydrogens (tertiary/aromatic N) is 5. The van der Waals surface area contributed by atoms with Crippen molar-refractivity contribution in [2.45, 2.75) is 13.5 Å². The third kappa shape index (κ3) is 4.41. The van der Waals surface area contributed by atoms with Crippen LogP contribution in [-0.4, -0.2) is 30.9 Å². The standard InChI is InChI=1S/C20H17N7O2/c1-12-2-5-14(6-3-12)24-20-26-17(25-19(21)27-20)11-29-18(28)13-4-7-15-16(10-13)23-9-8-22-15/h2-10H,11H2,1H3,(H3,21,24,25,26,27). The average Bonchev–Trinajstić information content (AvgIpc) is 2.73. The van der Waals surface area contributed by atoms with Gasteiger partial charge < -0.3 is 15.8 Å². The number of nitrogens with one attached hydrogen (secondary N) is 1. The number of hydrogen-bond acceptors (Lipinski definition) is 9. The SMILES string of the molecule is Cc1ccc(Nc2nc(N)nc(COC(=O)c3ccc4nccnc4c3)n2)cc1. The van der Waals surface area contributed by atoms with Crippen molar-refractivity contribution in [1.82, 2.24) is 24.9 Å². The number of rotatable bonds is 5. The van der Waals surface area contributed by atoms with Gasteiger partial charge in [-0.15, -0.1) is 0 Å². The zero-order valence-electron chi connectivity index (χ0n) is 15.5. The Morgan fingerprint density at radius 3 is 2.55 bits per heavy atom. The maximum Gasteiger partial charge on any atom is 0.338 e. The molecule has 0 spiro atoms. The van der Waals surface area contributed by atoms with E-state index in [1.54, 1.807) is 30.6 Å². The van der Waals surface area contributed by atoms with Gasteiger partial charge in [-0.25, -0.2) is 4.79 Å². The fourth-order valence-corrected chi connectivity index (χ4v) is 2.63. The molecule has 0 aliphatic heterocycles. The summed E-state index contributed by atoms with van der Waals surface area (Å²) in [6, 6.07) is 12.7. The first-order valence-electron chi connectivity index (χ1n) is 8.79. The molecule has 2 aromatic carbocycles. The van der Waals surface area contributed by atoms with Crippen molar-refractivity contribution in [2.24, 2.45) is 0 Å². The second-order valence-corrected chi connectivity index (χ2v) is 6.26.